The molecular weight excluding hydrogens is 296 g/mol. The topological polar surface area (TPSA) is 75.7 Å². The van der Waals surface area contributed by atoms with E-state index in [2.05, 4.69) is 5.32 Å². The minimum absolute atomic E-state index is 0.0403. The van der Waals surface area contributed by atoms with E-state index in [0.29, 0.717) is 30.8 Å². The SMILES string of the molecule is COc1ccc(C(=O)CCC(=O)N2CCC(=O)NCC2C)cc1. The summed E-state index contributed by atoms with van der Waals surface area (Å²) in [6, 6.07) is 6.79. The summed E-state index contributed by atoms with van der Waals surface area (Å²) in [6.07, 6.45) is 0.627. The van der Waals surface area contributed by atoms with Crippen molar-refractivity contribution in [3.63, 3.8) is 0 Å². The van der Waals surface area contributed by atoms with Gasteiger partial charge >= 0.3 is 0 Å². The molecule has 1 atom stereocenters. The number of carbonyl (C=O) groups is 3. The van der Waals surface area contributed by atoms with Gasteiger partial charge in [0.1, 0.15) is 5.75 Å². The molecular formula is C17H22N2O4. The Bertz CT molecular complexity index is 583. The van der Waals surface area contributed by atoms with Crippen LogP contribution in [0.4, 0.5) is 0 Å². The molecule has 124 valence electrons. The molecule has 1 unspecified atom stereocenters. The molecule has 23 heavy (non-hydrogen) atoms. The molecule has 0 bridgehead atoms. The number of carbonyl (C=O) groups excluding carboxylic acids is 3. The number of hydrogen-bond acceptors (Lipinski definition) is 4. The number of nitrogens with one attached hydrogen (secondary N) is 1. The average molecular weight is 318 g/mol. The zero-order valence-corrected chi connectivity index (χ0v) is 13.5. The minimum atomic E-state index is -0.0872. The van der Waals surface area contributed by atoms with Crippen molar-refractivity contribution in [2.24, 2.45) is 0 Å². The lowest BCUT2D eigenvalue weighted by Crippen LogP contribution is -2.41. The molecule has 0 aromatic heterocycles. The first-order chi connectivity index (χ1) is 11.0. The second kappa shape index (κ2) is 7.76. The standard InChI is InChI=1S/C17H22N2O4/c1-12-11-18-16(21)9-10-19(12)17(22)8-7-15(20)13-3-5-14(23-2)6-4-13/h3-6,12H,7-11H2,1-2H3,(H,18,21). The Kier molecular flexibility index (Phi) is 5.73. The van der Waals surface area contributed by atoms with Gasteiger partial charge in [-0.05, 0) is 31.2 Å². The Morgan fingerprint density at radius 3 is 2.61 bits per heavy atom. The maximum Gasteiger partial charge on any atom is 0.223 e. The quantitative estimate of drug-likeness (QED) is 0.833. The number of amides is 2. The Labute approximate surface area is 135 Å². The number of Topliss-reactive ketones (excluding diaryl/α,β-unsaturated/α-hetero) is 1. The number of hydrogen-bond donors (Lipinski definition) is 1. The van der Waals surface area contributed by atoms with Crippen LogP contribution in [0.2, 0.25) is 0 Å². The van der Waals surface area contributed by atoms with Crippen LogP contribution in [0.5, 0.6) is 5.75 Å². The van der Waals surface area contributed by atoms with Gasteiger partial charge < -0.3 is 15.0 Å². The lowest BCUT2D eigenvalue weighted by atomic mass is 10.1. The average Bonchev–Trinajstić information content (AvgIpc) is 2.74. The zero-order chi connectivity index (χ0) is 16.8. The van der Waals surface area contributed by atoms with Crippen molar-refractivity contribution in [1.82, 2.24) is 10.2 Å². The molecule has 2 amide bonds. The van der Waals surface area contributed by atoms with Crippen LogP contribution in [-0.4, -0.2) is 48.7 Å². The summed E-state index contributed by atoms with van der Waals surface area (Å²) in [5.41, 5.74) is 0.569. The van der Waals surface area contributed by atoms with Crippen LogP contribution >= 0.6 is 0 Å². The Balaban J connectivity index is 1.89. The van der Waals surface area contributed by atoms with Crippen LogP contribution in [0.25, 0.3) is 0 Å². The summed E-state index contributed by atoms with van der Waals surface area (Å²) in [5.74, 6) is 0.489. The van der Waals surface area contributed by atoms with E-state index in [1.165, 1.54) is 0 Å². The van der Waals surface area contributed by atoms with Crippen molar-refractivity contribution in [3.05, 3.63) is 29.8 Å². The molecule has 0 aliphatic carbocycles. The number of ketones is 1. The second-order valence-corrected chi connectivity index (χ2v) is 5.64. The van der Waals surface area contributed by atoms with E-state index in [1.807, 2.05) is 6.92 Å². The molecule has 0 spiro atoms. The summed E-state index contributed by atoms with van der Waals surface area (Å²) >= 11 is 0. The number of ether oxygens (including phenoxy) is 1. The molecule has 0 saturated carbocycles. The first-order valence-electron chi connectivity index (χ1n) is 7.74. The van der Waals surface area contributed by atoms with Crippen molar-refractivity contribution in [3.8, 4) is 5.75 Å². The van der Waals surface area contributed by atoms with Gasteiger partial charge in [0, 0.05) is 44.0 Å². The molecule has 1 fully saturated rings. The molecule has 2 rings (SSSR count). The Morgan fingerprint density at radius 2 is 1.96 bits per heavy atom. The maximum absolute atomic E-state index is 12.3. The third kappa shape index (κ3) is 4.55. The number of methoxy groups -OCH3 is 1. The number of rotatable bonds is 5. The highest BCUT2D eigenvalue weighted by Crippen LogP contribution is 2.14. The van der Waals surface area contributed by atoms with Gasteiger partial charge in [-0.1, -0.05) is 0 Å². The fraction of sp³-hybridized carbons (Fsp3) is 0.471. The highest BCUT2D eigenvalue weighted by Gasteiger charge is 2.24. The fourth-order valence-electron chi connectivity index (χ4n) is 2.56. The third-order valence-corrected chi connectivity index (χ3v) is 4.00. The summed E-state index contributed by atoms with van der Waals surface area (Å²) in [7, 11) is 1.57. The van der Waals surface area contributed by atoms with Gasteiger partial charge in [0.2, 0.25) is 11.8 Å². The smallest absolute Gasteiger partial charge is 0.223 e. The molecule has 1 heterocycles. The molecule has 6 nitrogen and oxygen atoms in total. The van der Waals surface area contributed by atoms with E-state index >= 15 is 0 Å². The van der Waals surface area contributed by atoms with Crippen LogP contribution < -0.4 is 10.1 Å². The molecule has 1 aliphatic rings. The van der Waals surface area contributed by atoms with Crippen molar-refractivity contribution >= 4 is 17.6 Å². The van der Waals surface area contributed by atoms with E-state index in [4.69, 9.17) is 4.74 Å². The molecule has 6 heteroatoms. The second-order valence-electron chi connectivity index (χ2n) is 5.64. The molecule has 1 saturated heterocycles. The van der Waals surface area contributed by atoms with Crippen LogP contribution in [0.15, 0.2) is 24.3 Å². The highest BCUT2D eigenvalue weighted by molar-refractivity contribution is 5.98. The summed E-state index contributed by atoms with van der Waals surface area (Å²) in [4.78, 5) is 37.5. The van der Waals surface area contributed by atoms with Gasteiger partial charge in [0.05, 0.1) is 7.11 Å². The van der Waals surface area contributed by atoms with Crippen LogP contribution in [0.1, 0.15) is 36.5 Å². The molecule has 1 aromatic carbocycles. The predicted octanol–water partition coefficient (Wildman–Crippen LogP) is 1.40. The first-order valence-corrected chi connectivity index (χ1v) is 7.74. The van der Waals surface area contributed by atoms with E-state index in [1.54, 1.807) is 36.3 Å². The van der Waals surface area contributed by atoms with Crippen LogP contribution in [0.3, 0.4) is 0 Å². The van der Waals surface area contributed by atoms with Gasteiger partial charge in [-0.25, -0.2) is 0 Å². The van der Waals surface area contributed by atoms with E-state index in [-0.39, 0.29) is 36.5 Å². The Hall–Kier alpha value is -2.37. The Morgan fingerprint density at radius 1 is 1.26 bits per heavy atom. The van der Waals surface area contributed by atoms with Crippen molar-refractivity contribution < 1.29 is 19.1 Å². The van der Waals surface area contributed by atoms with E-state index in [0.717, 1.165) is 0 Å². The van der Waals surface area contributed by atoms with Crippen molar-refractivity contribution in [2.45, 2.75) is 32.2 Å². The normalized spacial score (nSPS) is 18.1. The van der Waals surface area contributed by atoms with Gasteiger partial charge in [-0.3, -0.25) is 14.4 Å². The third-order valence-electron chi connectivity index (χ3n) is 4.00. The van der Waals surface area contributed by atoms with Crippen LogP contribution in [0, 0.1) is 0 Å². The minimum Gasteiger partial charge on any atom is -0.497 e. The highest BCUT2D eigenvalue weighted by atomic mass is 16.5. The van der Waals surface area contributed by atoms with E-state index < -0.39 is 0 Å². The molecule has 1 aromatic rings. The summed E-state index contributed by atoms with van der Waals surface area (Å²) < 4.78 is 5.05. The lowest BCUT2D eigenvalue weighted by molar-refractivity contribution is -0.132. The summed E-state index contributed by atoms with van der Waals surface area (Å²) in [5, 5.41) is 2.77. The van der Waals surface area contributed by atoms with Gasteiger partial charge in [-0.15, -0.1) is 0 Å². The number of benzene rings is 1. The fourth-order valence-corrected chi connectivity index (χ4v) is 2.56. The maximum atomic E-state index is 12.3. The molecule has 1 aliphatic heterocycles. The van der Waals surface area contributed by atoms with Gasteiger partial charge in [0.25, 0.3) is 0 Å². The van der Waals surface area contributed by atoms with Gasteiger partial charge in [-0.2, -0.15) is 0 Å². The molecule has 1 N–H and O–H groups in total. The largest absolute Gasteiger partial charge is 0.497 e. The predicted molar refractivity (Wildman–Crippen MR) is 85.4 cm³/mol. The monoisotopic (exact) mass is 318 g/mol. The molecule has 0 radical (unpaired) electrons. The van der Waals surface area contributed by atoms with Crippen molar-refractivity contribution in [2.75, 3.05) is 20.2 Å². The van der Waals surface area contributed by atoms with Crippen LogP contribution in [-0.2, 0) is 9.59 Å². The lowest BCUT2D eigenvalue weighted by Gasteiger charge is -2.26. The first kappa shape index (κ1) is 17.0. The van der Waals surface area contributed by atoms with Crippen molar-refractivity contribution in [1.29, 1.82) is 0 Å². The van der Waals surface area contributed by atoms with Gasteiger partial charge in [0.15, 0.2) is 5.78 Å². The van der Waals surface area contributed by atoms with E-state index in [9.17, 15) is 14.4 Å². The number of nitrogens with zero attached hydrogens (tertiary/aromatic N) is 1. The summed E-state index contributed by atoms with van der Waals surface area (Å²) in [6.45, 7) is 2.76. The zero-order valence-electron chi connectivity index (χ0n) is 13.5.